The lowest BCUT2D eigenvalue weighted by atomic mass is 10.0. The minimum Gasteiger partial charge on any atom is -0.376 e. The molecule has 2 aliphatic rings. The highest BCUT2D eigenvalue weighted by Gasteiger charge is 2.27. The third-order valence-corrected chi connectivity index (χ3v) is 4.98. The van der Waals surface area contributed by atoms with Gasteiger partial charge in [0.2, 0.25) is 0 Å². The maximum Gasteiger partial charge on any atom is 0.251 e. The third kappa shape index (κ3) is 4.36. The number of hydrogen-bond acceptors (Lipinski definition) is 3. The van der Waals surface area contributed by atoms with Crippen molar-refractivity contribution in [3.8, 4) is 0 Å². The van der Waals surface area contributed by atoms with Gasteiger partial charge in [-0.3, -0.25) is 4.79 Å². The number of ether oxygens (including phenoxy) is 2. The molecule has 1 aromatic rings. The van der Waals surface area contributed by atoms with E-state index in [-0.39, 0.29) is 18.1 Å². The number of hydrogen-bond donors (Lipinski definition) is 0. The summed E-state index contributed by atoms with van der Waals surface area (Å²) in [6.07, 6.45) is 9.42. The van der Waals surface area contributed by atoms with Crippen molar-refractivity contribution >= 4 is 5.91 Å². The van der Waals surface area contributed by atoms with Crippen LogP contribution in [0.5, 0.6) is 0 Å². The van der Waals surface area contributed by atoms with Gasteiger partial charge in [0.25, 0.3) is 5.91 Å². The molecule has 1 aromatic heterocycles. The molecule has 5 heteroatoms. The molecule has 0 aliphatic carbocycles. The number of carbonyl (C=O) groups excluding carboxylic acids is 1. The summed E-state index contributed by atoms with van der Waals surface area (Å²) in [7, 11) is 0. The number of aromatic nitrogens is 1. The van der Waals surface area contributed by atoms with Gasteiger partial charge in [0.05, 0.1) is 12.7 Å². The highest BCUT2D eigenvalue weighted by Crippen LogP contribution is 2.23. The lowest BCUT2D eigenvalue weighted by Crippen LogP contribution is -2.44. The first-order valence-corrected chi connectivity index (χ1v) is 8.88. The van der Waals surface area contributed by atoms with Gasteiger partial charge in [-0.25, -0.2) is 0 Å². The Labute approximate surface area is 138 Å². The minimum absolute atomic E-state index is 0.117. The van der Waals surface area contributed by atoms with E-state index in [1.54, 1.807) is 0 Å². The Hall–Kier alpha value is -1.33. The Morgan fingerprint density at radius 2 is 1.96 bits per heavy atom. The molecule has 3 heterocycles. The van der Waals surface area contributed by atoms with Crippen LogP contribution in [-0.4, -0.2) is 53.9 Å². The Morgan fingerprint density at radius 3 is 2.61 bits per heavy atom. The molecule has 0 unspecified atom stereocenters. The molecular formula is C18H28N2O3. The Morgan fingerprint density at radius 1 is 1.22 bits per heavy atom. The molecule has 2 aliphatic heterocycles. The van der Waals surface area contributed by atoms with Crippen LogP contribution in [0.3, 0.4) is 0 Å². The Balaban J connectivity index is 1.41. The summed E-state index contributed by atoms with van der Waals surface area (Å²) >= 11 is 0. The number of amides is 1. The standard InChI is InChI=1S/C18H28N2O3/c1-15(23-14-17-6-2-5-13-22-17)18(21)20-11-7-16(8-12-20)19-9-3-4-10-19/h3-4,9-10,15-17H,2,5-8,11-14H2,1H3/t15-,17-/m1/s1. The van der Waals surface area contributed by atoms with E-state index in [1.807, 2.05) is 11.8 Å². The SMILES string of the molecule is C[C@@H](OC[C@H]1CCCCO1)C(=O)N1CCC(n2cccc2)CC1. The van der Waals surface area contributed by atoms with Crippen LogP contribution < -0.4 is 0 Å². The highest BCUT2D eigenvalue weighted by atomic mass is 16.5. The predicted molar refractivity (Wildman–Crippen MR) is 88.3 cm³/mol. The molecule has 128 valence electrons. The molecule has 3 rings (SSSR count). The molecule has 0 N–H and O–H groups in total. The smallest absolute Gasteiger partial charge is 0.251 e. The minimum atomic E-state index is -0.372. The summed E-state index contributed by atoms with van der Waals surface area (Å²) in [6.45, 7) is 4.85. The monoisotopic (exact) mass is 320 g/mol. The van der Waals surface area contributed by atoms with Crippen LogP contribution in [0, 0.1) is 0 Å². The number of piperidine rings is 1. The predicted octanol–water partition coefficient (Wildman–Crippen LogP) is 2.63. The van der Waals surface area contributed by atoms with E-state index in [1.165, 1.54) is 6.42 Å². The van der Waals surface area contributed by atoms with Gasteiger partial charge >= 0.3 is 0 Å². The summed E-state index contributed by atoms with van der Waals surface area (Å²) in [5.41, 5.74) is 0. The van der Waals surface area contributed by atoms with Gasteiger partial charge in [0, 0.05) is 38.1 Å². The van der Waals surface area contributed by atoms with Gasteiger partial charge in [-0.05, 0) is 51.2 Å². The van der Waals surface area contributed by atoms with Crippen LogP contribution in [-0.2, 0) is 14.3 Å². The summed E-state index contributed by atoms with van der Waals surface area (Å²) in [5.74, 6) is 0.117. The van der Waals surface area contributed by atoms with Crippen molar-refractivity contribution in [2.24, 2.45) is 0 Å². The quantitative estimate of drug-likeness (QED) is 0.838. The zero-order valence-electron chi connectivity index (χ0n) is 14.0. The summed E-state index contributed by atoms with van der Waals surface area (Å²) < 4.78 is 13.7. The highest BCUT2D eigenvalue weighted by molar-refractivity contribution is 5.80. The van der Waals surface area contributed by atoms with Crippen molar-refractivity contribution in [2.45, 2.75) is 57.3 Å². The average Bonchev–Trinajstić information content (AvgIpc) is 3.15. The van der Waals surface area contributed by atoms with Crippen LogP contribution in [0.1, 0.15) is 45.1 Å². The molecule has 0 radical (unpaired) electrons. The van der Waals surface area contributed by atoms with Crippen molar-refractivity contribution in [2.75, 3.05) is 26.3 Å². The zero-order chi connectivity index (χ0) is 16.1. The van der Waals surface area contributed by atoms with Crippen LogP contribution in [0.2, 0.25) is 0 Å². The molecule has 0 spiro atoms. The van der Waals surface area contributed by atoms with Crippen molar-refractivity contribution in [1.29, 1.82) is 0 Å². The van der Waals surface area contributed by atoms with Gasteiger partial charge in [0.1, 0.15) is 6.10 Å². The third-order valence-electron chi connectivity index (χ3n) is 4.98. The van der Waals surface area contributed by atoms with Gasteiger partial charge in [-0.2, -0.15) is 0 Å². The van der Waals surface area contributed by atoms with Gasteiger partial charge < -0.3 is 18.9 Å². The van der Waals surface area contributed by atoms with Gasteiger partial charge in [0.15, 0.2) is 0 Å². The van der Waals surface area contributed by atoms with E-state index in [0.717, 1.165) is 45.4 Å². The molecule has 0 aromatic carbocycles. The number of nitrogens with zero attached hydrogens (tertiary/aromatic N) is 2. The normalized spacial score (nSPS) is 24.6. The molecule has 2 fully saturated rings. The van der Waals surface area contributed by atoms with Gasteiger partial charge in [-0.1, -0.05) is 0 Å². The molecule has 0 bridgehead atoms. The zero-order valence-corrected chi connectivity index (χ0v) is 14.0. The van der Waals surface area contributed by atoms with E-state index in [0.29, 0.717) is 12.6 Å². The van der Waals surface area contributed by atoms with Crippen LogP contribution >= 0.6 is 0 Å². The fraction of sp³-hybridized carbons (Fsp3) is 0.722. The van der Waals surface area contributed by atoms with E-state index in [4.69, 9.17) is 9.47 Å². The second kappa shape index (κ2) is 7.97. The molecule has 23 heavy (non-hydrogen) atoms. The Kier molecular flexibility index (Phi) is 5.73. The van der Waals surface area contributed by atoms with Crippen molar-refractivity contribution < 1.29 is 14.3 Å². The fourth-order valence-electron chi connectivity index (χ4n) is 3.49. The lowest BCUT2D eigenvalue weighted by molar-refractivity contribution is -0.147. The van der Waals surface area contributed by atoms with Crippen molar-refractivity contribution in [1.82, 2.24) is 9.47 Å². The first kappa shape index (κ1) is 16.5. The molecule has 2 atom stereocenters. The average molecular weight is 320 g/mol. The largest absolute Gasteiger partial charge is 0.376 e. The van der Waals surface area contributed by atoms with E-state index in [2.05, 4.69) is 29.1 Å². The molecular weight excluding hydrogens is 292 g/mol. The van der Waals surface area contributed by atoms with Gasteiger partial charge in [-0.15, -0.1) is 0 Å². The number of rotatable bonds is 5. The second-order valence-electron chi connectivity index (χ2n) is 6.65. The summed E-state index contributed by atoms with van der Waals surface area (Å²) in [6, 6.07) is 4.63. The van der Waals surface area contributed by atoms with E-state index < -0.39 is 0 Å². The molecule has 0 saturated carbocycles. The van der Waals surface area contributed by atoms with Crippen molar-refractivity contribution in [3.05, 3.63) is 24.5 Å². The molecule has 5 nitrogen and oxygen atoms in total. The summed E-state index contributed by atoms with van der Waals surface area (Å²) in [5, 5.41) is 0. The van der Waals surface area contributed by atoms with Crippen LogP contribution in [0.25, 0.3) is 0 Å². The number of likely N-dealkylation sites (tertiary alicyclic amines) is 1. The second-order valence-corrected chi connectivity index (χ2v) is 6.65. The topological polar surface area (TPSA) is 43.7 Å². The maximum absolute atomic E-state index is 12.5. The fourth-order valence-corrected chi connectivity index (χ4v) is 3.49. The number of carbonyl (C=O) groups is 1. The maximum atomic E-state index is 12.5. The summed E-state index contributed by atoms with van der Waals surface area (Å²) in [4.78, 5) is 14.5. The van der Waals surface area contributed by atoms with Crippen molar-refractivity contribution in [3.63, 3.8) is 0 Å². The Bertz CT molecular complexity index is 474. The van der Waals surface area contributed by atoms with Crippen LogP contribution in [0.15, 0.2) is 24.5 Å². The molecule has 2 saturated heterocycles. The molecule has 1 amide bonds. The van der Waals surface area contributed by atoms with E-state index >= 15 is 0 Å². The lowest BCUT2D eigenvalue weighted by Gasteiger charge is -2.34. The first-order valence-electron chi connectivity index (χ1n) is 8.88. The van der Waals surface area contributed by atoms with E-state index in [9.17, 15) is 4.79 Å². The van der Waals surface area contributed by atoms with Crippen LogP contribution in [0.4, 0.5) is 0 Å². The first-order chi connectivity index (χ1) is 11.2.